The Morgan fingerprint density at radius 3 is 2.96 bits per heavy atom. The van der Waals surface area contributed by atoms with E-state index in [2.05, 4.69) is 61.7 Å². The molecule has 0 aromatic carbocycles. The van der Waals surface area contributed by atoms with Crippen molar-refractivity contribution in [2.24, 2.45) is 4.99 Å². The number of hydrogen-bond donors (Lipinski definition) is 2. The number of ether oxygens (including phenoxy) is 1. The first kappa shape index (κ1) is 20.8. The van der Waals surface area contributed by atoms with Gasteiger partial charge in [-0.2, -0.15) is 0 Å². The summed E-state index contributed by atoms with van der Waals surface area (Å²) in [6, 6.07) is 4.61. The Morgan fingerprint density at radius 2 is 2.21 bits per heavy atom. The van der Waals surface area contributed by atoms with Crippen molar-refractivity contribution in [2.45, 2.75) is 39.4 Å². The predicted molar refractivity (Wildman–Crippen MR) is 113 cm³/mol. The Labute approximate surface area is 171 Å². The van der Waals surface area contributed by atoms with Gasteiger partial charge in [0, 0.05) is 50.1 Å². The van der Waals surface area contributed by atoms with E-state index in [1.165, 1.54) is 4.88 Å². The molecule has 154 valence electrons. The molecule has 1 unspecified atom stereocenters. The number of nitrogens with zero attached hydrogens (tertiary/aromatic N) is 5. The van der Waals surface area contributed by atoms with Crippen LogP contribution in [0, 0.1) is 0 Å². The van der Waals surface area contributed by atoms with Crippen molar-refractivity contribution in [1.82, 2.24) is 30.3 Å². The highest BCUT2D eigenvalue weighted by Crippen LogP contribution is 2.09. The average molecular weight is 406 g/mol. The number of aryl methyl sites for hydroxylation is 1. The minimum Gasteiger partial charge on any atom is -0.379 e. The molecular formula is C19H31N7OS. The van der Waals surface area contributed by atoms with Gasteiger partial charge in [0.15, 0.2) is 5.96 Å². The summed E-state index contributed by atoms with van der Waals surface area (Å²) in [6.45, 7) is 11.1. The normalized spacial score (nSPS) is 16.9. The molecule has 0 radical (unpaired) electrons. The molecule has 0 aliphatic carbocycles. The number of hydrogen-bond acceptors (Lipinski definition) is 6. The van der Waals surface area contributed by atoms with E-state index in [-0.39, 0.29) is 0 Å². The number of thiophene rings is 1. The lowest BCUT2D eigenvalue weighted by atomic mass is 10.2. The molecule has 1 aliphatic heterocycles. The quantitative estimate of drug-likeness (QED) is 0.484. The molecule has 0 bridgehead atoms. The van der Waals surface area contributed by atoms with Gasteiger partial charge < -0.3 is 19.9 Å². The van der Waals surface area contributed by atoms with E-state index in [4.69, 9.17) is 9.73 Å². The summed E-state index contributed by atoms with van der Waals surface area (Å²) in [5.74, 6) is 1.85. The summed E-state index contributed by atoms with van der Waals surface area (Å²) in [5, 5.41) is 17.2. The highest BCUT2D eigenvalue weighted by Gasteiger charge is 2.17. The highest BCUT2D eigenvalue weighted by molar-refractivity contribution is 7.09. The number of aromatic nitrogens is 3. The van der Waals surface area contributed by atoms with Gasteiger partial charge in [-0.25, -0.2) is 4.99 Å². The van der Waals surface area contributed by atoms with Crippen LogP contribution in [0.1, 0.15) is 24.5 Å². The number of nitrogens with one attached hydrogen (secondary N) is 2. The van der Waals surface area contributed by atoms with Crippen LogP contribution in [-0.2, 0) is 24.2 Å². The fourth-order valence-corrected chi connectivity index (χ4v) is 3.79. The molecule has 1 fully saturated rings. The summed E-state index contributed by atoms with van der Waals surface area (Å²) in [7, 11) is 0. The van der Waals surface area contributed by atoms with E-state index in [1.807, 2.05) is 0 Å². The first-order valence-corrected chi connectivity index (χ1v) is 10.9. The molecule has 9 heteroatoms. The Kier molecular flexibility index (Phi) is 8.25. The Balaban J connectivity index is 1.52. The van der Waals surface area contributed by atoms with E-state index in [9.17, 15) is 0 Å². The second kappa shape index (κ2) is 11.1. The fraction of sp³-hybridized carbons (Fsp3) is 0.632. The molecule has 28 heavy (non-hydrogen) atoms. The van der Waals surface area contributed by atoms with Crippen molar-refractivity contribution in [2.75, 3.05) is 39.4 Å². The second-order valence-corrected chi connectivity index (χ2v) is 7.88. The van der Waals surface area contributed by atoms with Crippen LogP contribution in [0.15, 0.2) is 28.8 Å². The van der Waals surface area contributed by atoms with Crippen molar-refractivity contribution in [3.8, 4) is 0 Å². The smallest absolute Gasteiger partial charge is 0.191 e. The van der Waals surface area contributed by atoms with Gasteiger partial charge in [-0.15, -0.1) is 21.5 Å². The summed E-state index contributed by atoms with van der Waals surface area (Å²) in [4.78, 5) is 8.48. The maximum absolute atomic E-state index is 5.45. The van der Waals surface area contributed by atoms with Crippen LogP contribution in [0.2, 0.25) is 0 Å². The third kappa shape index (κ3) is 6.29. The predicted octanol–water partition coefficient (Wildman–Crippen LogP) is 1.36. The van der Waals surface area contributed by atoms with Crippen molar-refractivity contribution < 1.29 is 4.74 Å². The lowest BCUT2D eigenvalue weighted by molar-refractivity contribution is 0.0211. The fourth-order valence-electron chi connectivity index (χ4n) is 3.16. The standard InChI is InChI=1S/C19H31N7OS/c1-3-18-24-23-15-26(18)7-6-20-19(22-14-17-5-4-12-28-17)21-13-16(2)25-8-10-27-11-9-25/h4-5,12,15-16H,3,6-11,13-14H2,1-2H3,(H2,20,21,22). The zero-order chi connectivity index (χ0) is 19.6. The summed E-state index contributed by atoms with van der Waals surface area (Å²) < 4.78 is 7.54. The largest absolute Gasteiger partial charge is 0.379 e. The molecule has 0 amide bonds. The van der Waals surface area contributed by atoms with Crippen LogP contribution in [0.5, 0.6) is 0 Å². The van der Waals surface area contributed by atoms with Crippen LogP contribution in [-0.4, -0.2) is 71.1 Å². The lowest BCUT2D eigenvalue weighted by Gasteiger charge is -2.32. The van der Waals surface area contributed by atoms with Gasteiger partial charge in [-0.1, -0.05) is 13.0 Å². The average Bonchev–Trinajstić information content (AvgIpc) is 3.41. The number of aliphatic imine (C=N–C) groups is 1. The summed E-state index contributed by atoms with van der Waals surface area (Å²) in [6.07, 6.45) is 2.67. The van der Waals surface area contributed by atoms with Gasteiger partial charge in [-0.3, -0.25) is 4.90 Å². The minimum atomic E-state index is 0.433. The van der Waals surface area contributed by atoms with Crippen molar-refractivity contribution in [3.05, 3.63) is 34.5 Å². The Hall–Kier alpha value is -1.97. The van der Waals surface area contributed by atoms with Gasteiger partial charge in [0.25, 0.3) is 0 Å². The first-order chi connectivity index (χ1) is 13.8. The van der Waals surface area contributed by atoms with Crippen LogP contribution in [0.25, 0.3) is 0 Å². The molecule has 2 N–H and O–H groups in total. The Morgan fingerprint density at radius 1 is 1.36 bits per heavy atom. The topological polar surface area (TPSA) is 79.6 Å². The van der Waals surface area contributed by atoms with Crippen LogP contribution >= 0.6 is 11.3 Å². The summed E-state index contributed by atoms with van der Waals surface area (Å²) in [5.41, 5.74) is 0. The molecule has 3 heterocycles. The van der Waals surface area contributed by atoms with Gasteiger partial charge >= 0.3 is 0 Å². The minimum absolute atomic E-state index is 0.433. The lowest BCUT2D eigenvalue weighted by Crippen LogP contribution is -2.49. The molecule has 2 aromatic rings. The second-order valence-electron chi connectivity index (χ2n) is 6.84. The van der Waals surface area contributed by atoms with Crippen LogP contribution < -0.4 is 10.6 Å². The zero-order valence-corrected chi connectivity index (χ0v) is 17.6. The van der Waals surface area contributed by atoms with Gasteiger partial charge in [0.05, 0.1) is 19.8 Å². The van der Waals surface area contributed by atoms with Gasteiger partial charge in [0.2, 0.25) is 0 Å². The summed E-state index contributed by atoms with van der Waals surface area (Å²) >= 11 is 1.73. The van der Waals surface area contributed by atoms with Crippen LogP contribution in [0.3, 0.4) is 0 Å². The molecule has 3 rings (SSSR count). The number of rotatable bonds is 9. The first-order valence-electron chi connectivity index (χ1n) is 9.99. The highest BCUT2D eigenvalue weighted by atomic mass is 32.1. The monoisotopic (exact) mass is 405 g/mol. The van der Waals surface area contributed by atoms with E-state index in [0.29, 0.717) is 12.6 Å². The van der Waals surface area contributed by atoms with Gasteiger partial charge in [-0.05, 0) is 18.4 Å². The number of morpholine rings is 1. The van der Waals surface area contributed by atoms with Gasteiger partial charge in [0.1, 0.15) is 12.2 Å². The SMILES string of the molecule is CCc1nncn1CCNC(=NCc1cccs1)NCC(C)N1CCOCC1. The number of guanidine groups is 1. The third-order valence-corrected chi connectivity index (χ3v) is 5.73. The molecule has 1 aliphatic rings. The van der Waals surface area contributed by atoms with Crippen molar-refractivity contribution in [1.29, 1.82) is 0 Å². The molecule has 0 spiro atoms. The van der Waals surface area contributed by atoms with E-state index < -0.39 is 0 Å². The van der Waals surface area contributed by atoms with Crippen molar-refractivity contribution >= 4 is 17.3 Å². The molecule has 1 atom stereocenters. The molecule has 0 saturated carbocycles. The van der Waals surface area contributed by atoms with E-state index in [0.717, 1.165) is 64.1 Å². The maximum Gasteiger partial charge on any atom is 0.191 e. The third-order valence-electron chi connectivity index (χ3n) is 4.86. The maximum atomic E-state index is 5.45. The van der Waals surface area contributed by atoms with Crippen LogP contribution in [0.4, 0.5) is 0 Å². The van der Waals surface area contributed by atoms with E-state index in [1.54, 1.807) is 17.7 Å². The van der Waals surface area contributed by atoms with E-state index >= 15 is 0 Å². The molecule has 1 saturated heterocycles. The van der Waals surface area contributed by atoms with Crippen molar-refractivity contribution in [3.63, 3.8) is 0 Å². The zero-order valence-electron chi connectivity index (χ0n) is 16.8. The molecule has 8 nitrogen and oxygen atoms in total. The molecule has 2 aromatic heterocycles. The molecular weight excluding hydrogens is 374 g/mol. The Bertz CT molecular complexity index is 710.